The Morgan fingerprint density at radius 1 is 0.545 bits per heavy atom. The molecule has 1 nitrogen and oxygen atoms in total. The van der Waals surface area contributed by atoms with Gasteiger partial charge >= 0.3 is 0 Å². The molecule has 0 atom stereocenters. The standard InChI is InChI=1S/C19H18OP.BrH/c20-16-21(17-10-4-1-5-11-17,18-12-6-2-7-13-18)19-14-8-3-9-15-19;/h1-15,20H,16H2;1H/q+1;/p-1. The van der Waals surface area contributed by atoms with Crippen LogP contribution in [-0.4, -0.2) is 11.5 Å². The van der Waals surface area contributed by atoms with E-state index in [0.29, 0.717) is 0 Å². The number of benzene rings is 3. The van der Waals surface area contributed by atoms with E-state index in [1.165, 1.54) is 15.9 Å². The monoisotopic (exact) mass is 372 g/mol. The predicted molar refractivity (Wildman–Crippen MR) is 92.2 cm³/mol. The van der Waals surface area contributed by atoms with Crippen molar-refractivity contribution >= 4 is 23.2 Å². The molecule has 0 bridgehead atoms. The molecular formula is C19H18BrOP. The summed E-state index contributed by atoms with van der Waals surface area (Å²) in [6, 6.07) is 31.1. The van der Waals surface area contributed by atoms with Crippen molar-refractivity contribution in [2.75, 3.05) is 6.35 Å². The van der Waals surface area contributed by atoms with E-state index in [1.807, 2.05) is 54.6 Å². The smallest absolute Gasteiger partial charge is 0.168 e. The van der Waals surface area contributed by atoms with Crippen LogP contribution in [-0.2, 0) is 0 Å². The highest BCUT2D eigenvalue weighted by Gasteiger charge is 2.44. The summed E-state index contributed by atoms with van der Waals surface area (Å²) in [4.78, 5) is 0. The van der Waals surface area contributed by atoms with Crippen molar-refractivity contribution in [1.82, 2.24) is 0 Å². The van der Waals surface area contributed by atoms with Crippen LogP contribution in [0.25, 0.3) is 0 Å². The number of hydrogen-bond acceptors (Lipinski definition) is 1. The van der Waals surface area contributed by atoms with E-state index in [2.05, 4.69) is 36.4 Å². The van der Waals surface area contributed by atoms with Crippen LogP contribution in [0.4, 0.5) is 0 Å². The largest absolute Gasteiger partial charge is 1.00 e. The fraction of sp³-hybridized carbons (Fsp3) is 0.0526. The number of aliphatic hydroxyl groups is 1. The molecule has 0 unspecified atom stereocenters. The lowest BCUT2D eigenvalue weighted by molar-refractivity contribution is -0.00000485. The van der Waals surface area contributed by atoms with Crippen LogP contribution in [0.15, 0.2) is 91.0 Å². The van der Waals surface area contributed by atoms with Crippen molar-refractivity contribution in [3.63, 3.8) is 0 Å². The summed E-state index contributed by atoms with van der Waals surface area (Å²) in [6.45, 7) is 0. The maximum atomic E-state index is 10.4. The molecular weight excluding hydrogens is 355 g/mol. The zero-order chi connectivity index (χ0) is 14.5. The first-order chi connectivity index (χ1) is 10.4. The molecule has 3 heteroatoms. The van der Waals surface area contributed by atoms with Gasteiger partial charge in [0.2, 0.25) is 0 Å². The summed E-state index contributed by atoms with van der Waals surface area (Å²) in [7, 11) is -1.98. The van der Waals surface area contributed by atoms with Crippen molar-refractivity contribution in [2.45, 2.75) is 0 Å². The number of halogens is 1. The van der Waals surface area contributed by atoms with Crippen molar-refractivity contribution < 1.29 is 22.1 Å². The summed E-state index contributed by atoms with van der Waals surface area (Å²) in [5, 5.41) is 14.0. The van der Waals surface area contributed by atoms with Crippen molar-refractivity contribution in [3.05, 3.63) is 91.0 Å². The molecule has 0 spiro atoms. The van der Waals surface area contributed by atoms with Gasteiger partial charge in [0.05, 0.1) is 0 Å². The van der Waals surface area contributed by atoms with E-state index in [1.54, 1.807) is 0 Å². The highest BCUT2D eigenvalue weighted by atomic mass is 79.9. The summed E-state index contributed by atoms with van der Waals surface area (Å²) in [6.07, 6.45) is 0.144. The lowest BCUT2D eigenvalue weighted by atomic mass is 10.4. The second-order valence-corrected chi connectivity index (χ2v) is 8.41. The van der Waals surface area contributed by atoms with E-state index in [0.717, 1.165) is 0 Å². The van der Waals surface area contributed by atoms with Crippen LogP contribution in [0.1, 0.15) is 0 Å². The Morgan fingerprint density at radius 3 is 1.05 bits per heavy atom. The van der Waals surface area contributed by atoms with Gasteiger partial charge in [-0.2, -0.15) is 0 Å². The molecule has 3 aromatic carbocycles. The minimum absolute atomic E-state index is 0. The van der Waals surface area contributed by atoms with Crippen molar-refractivity contribution in [2.24, 2.45) is 0 Å². The van der Waals surface area contributed by atoms with Gasteiger partial charge in [-0.05, 0) is 36.4 Å². The Labute approximate surface area is 142 Å². The Balaban J connectivity index is 0.00000176. The van der Waals surface area contributed by atoms with Gasteiger partial charge in [-0.1, -0.05) is 54.6 Å². The number of hydrogen-bond donors (Lipinski definition) is 1. The topological polar surface area (TPSA) is 20.2 Å². The fourth-order valence-corrected chi connectivity index (χ4v) is 6.17. The first-order valence-electron chi connectivity index (χ1n) is 7.04. The third-order valence-electron chi connectivity index (χ3n) is 3.80. The van der Waals surface area contributed by atoms with Crippen molar-refractivity contribution in [1.29, 1.82) is 0 Å². The van der Waals surface area contributed by atoms with E-state index >= 15 is 0 Å². The molecule has 0 fully saturated rings. The molecule has 22 heavy (non-hydrogen) atoms. The van der Waals surface area contributed by atoms with Gasteiger partial charge in [-0.25, -0.2) is 0 Å². The molecule has 0 aliphatic heterocycles. The average molecular weight is 373 g/mol. The Kier molecular flexibility index (Phi) is 5.90. The number of rotatable bonds is 4. The molecule has 112 valence electrons. The van der Waals surface area contributed by atoms with Crippen LogP contribution in [0.2, 0.25) is 0 Å². The van der Waals surface area contributed by atoms with Crippen LogP contribution < -0.4 is 32.9 Å². The van der Waals surface area contributed by atoms with Gasteiger partial charge in [-0.15, -0.1) is 0 Å². The van der Waals surface area contributed by atoms with Gasteiger partial charge in [-0.3, -0.25) is 0 Å². The van der Waals surface area contributed by atoms with Crippen LogP contribution in [0.3, 0.4) is 0 Å². The normalized spacial score (nSPS) is 10.8. The highest BCUT2D eigenvalue weighted by molar-refractivity contribution is 7.95. The van der Waals surface area contributed by atoms with Gasteiger partial charge in [0.1, 0.15) is 23.2 Å². The van der Waals surface area contributed by atoms with Crippen molar-refractivity contribution in [3.8, 4) is 0 Å². The third-order valence-corrected chi connectivity index (χ3v) is 7.77. The highest BCUT2D eigenvalue weighted by Crippen LogP contribution is 2.54. The second kappa shape index (κ2) is 7.69. The molecule has 0 heterocycles. The first kappa shape index (κ1) is 16.9. The summed E-state index contributed by atoms with van der Waals surface area (Å²) < 4.78 is 0. The lowest BCUT2D eigenvalue weighted by Gasteiger charge is -2.25. The molecule has 0 radical (unpaired) electrons. The third kappa shape index (κ3) is 3.01. The zero-order valence-electron chi connectivity index (χ0n) is 12.1. The predicted octanol–water partition coefficient (Wildman–Crippen LogP) is -0.0657. The summed E-state index contributed by atoms with van der Waals surface area (Å²) in [5.41, 5.74) is 0. The minimum Gasteiger partial charge on any atom is -1.00 e. The van der Waals surface area contributed by atoms with E-state index in [-0.39, 0.29) is 23.3 Å². The lowest BCUT2D eigenvalue weighted by Crippen LogP contribution is -3.00. The minimum atomic E-state index is -1.98. The van der Waals surface area contributed by atoms with E-state index in [9.17, 15) is 5.11 Å². The second-order valence-electron chi connectivity index (χ2n) is 4.96. The van der Waals surface area contributed by atoms with Crippen LogP contribution in [0.5, 0.6) is 0 Å². The molecule has 0 saturated carbocycles. The molecule has 0 saturated heterocycles. The molecule has 0 amide bonds. The first-order valence-corrected chi connectivity index (χ1v) is 9.01. The van der Waals surface area contributed by atoms with Gasteiger partial charge < -0.3 is 22.1 Å². The molecule has 1 N–H and O–H groups in total. The summed E-state index contributed by atoms with van der Waals surface area (Å²) in [5.74, 6) is 0. The number of aliphatic hydroxyl groups excluding tert-OH is 1. The maximum Gasteiger partial charge on any atom is 0.168 e. The Hall–Kier alpha value is -1.47. The molecule has 0 aromatic heterocycles. The molecule has 0 aliphatic carbocycles. The summed E-state index contributed by atoms with van der Waals surface area (Å²) >= 11 is 0. The fourth-order valence-electron chi connectivity index (χ4n) is 2.74. The molecule has 0 aliphatic rings. The van der Waals surface area contributed by atoms with Crippen LogP contribution >= 0.6 is 7.26 Å². The van der Waals surface area contributed by atoms with Gasteiger partial charge in [0.15, 0.2) is 6.35 Å². The quantitative estimate of drug-likeness (QED) is 0.636. The van der Waals surface area contributed by atoms with Gasteiger partial charge in [0.25, 0.3) is 0 Å². The Morgan fingerprint density at radius 2 is 0.818 bits per heavy atom. The van der Waals surface area contributed by atoms with E-state index in [4.69, 9.17) is 0 Å². The van der Waals surface area contributed by atoms with Gasteiger partial charge in [0, 0.05) is 0 Å². The SMILES string of the molecule is OC[P+](c1ccccc1)(c1ccccc1)c1ccccc1.[Br-]. The molecule has 3 rings (SSSR count). The molecule has 3 aromatic rings. The zero-order valence-corrected chi connectivity index (χ0v) is 14.6. The average Bonchev–Trinajstić information content (AvgIpc) is 2.59. The van der Waals surface area contributed by atoms with Crippen LogP contribution in [0, 0.1) is 0 Å². The maximum absolute atomic E-state index is 10.4. The van der Waals surface area contributed by atoms with E-state index < -0.39 is 7.26 Å². The Bertz CT molecular complexity index is 590.